The van der Waals surface area contributed by atoms with Crippen LogP contribution in [0.15, 0.2) is 76.2 Å². The summed E-state index contributed by atoms with van der Waals surface area (Å²) in [6.07, 6.45) is 7.38. The minimum Gasteiger partial charge on any atom is -0.467 e. The molecule has 0 saturated heterocycles. The van der Waals surface area contributed by atoms with E-state index in [1.54, 1.807) is 24.8 Å². The minimum atomic E-state index is -1.41. The fraction of sp³-hybridized carbons (Fsp3) is 0.342. The number of rotatable bonds is 7. The SMILES string of the molecule is CCN(CC)CC.COC(=O)C(C)(Cl)Cl.COC(=O)C1=Nc2cc3c(nc2C1)CN=C3c1ccncc1.Nc1cc2c(nc1N)CN=C2c1ccncc1. The van der Waals surface area contributed by atoms with Crippen LogP contribution in [0.25, 0.3) is 0 Å². The zero-order valence-corrected chi connectivity index (χ0v) is 32.6. The van der Waals surface area contributed by atoms with Gasteiger partial charge in [0.15, 0.2) is 0 Å². The third-order valence-corrected chi connectivity index (χ3v) is 8.72. The van der Waals surface area contributed by atoms with Crippen molar-refractivity contribution < 1.29 is 19.1 Å². The molecule has 0 spiro atoms. The molecule has 0 bridgehead atoms. The molecule has 0 saturated carbocycles. The third-order valence-electron chi connectivity index (χ3n) is 8.41. The highest BCUT2D eigenvalue weighted by atomic mass is 35.5. The van der Waals surface area contributed by atoms with E-state index in [9.17, 15) is 9.59 Å². The summed E-state index contributed by atoms with van der Waals surface area (Å²) in [6.45, 7) is 12.6. The van der Waals surface area contributed by atoms with Crippen LogP contribution in [0.4, 0.5) is 17.2 Å². The lowest BCUT2D eigenvalue weighted by Crippen LogP contribution is -2.22. The number of nitrogen functional groups attached to an aromatic ring is 2. The largest absolute Gasteiger partial charge is 0.467 e. The van der Waals surface area contributed by atoms with Crippen LogP contribution in [0.3, 0.4) is 0 Å². The summed E-state index contributed by atoms with van der Waals surface area (Å²) < 4.78 is 7.53. The third kappa shape index (κ3) is 10.4. The minimum absolute atomic E-state index is 0.370. The molecule has 7 heterocycles. The number of hydrogen-bond acceptors (Lipinski definition) is 14. The Hall–Kier alpha value is -5.31. The van der Waals surface area contributed by atoms with E-state index in [1.165, 1.54) is 40.8 Å². The van der Waals surface area contributed by atoms with E-state index in [1.807, 2.05) is 36.4 Å². The first-order valence-electron chi connectivity index (χ1n) is 17.2. The van der Waals surface area contributed by atoms with Gasteiger partial charge in [-0.3, -0.25) is 24.9 Å². The van der Waals surface area contributed by atoms with Crippen molar-refractivity contribution in [2.75, 3.05) is 45.3 Å². The van der Waals surface area contributed by atoms with Crippen molar-refractivity contribution in [3.63, 3.8) is 0 Å². The molecule has 3 aliphatic rings. The predicted molar refractivity (Wildman–Crippen MR) is 213 cm³/mol. The van der Waals surface area contributed by atoms with Gasteiger partial charge < -0.3 is 25.8 Å². The lowest BCUT2D eigenvalue weighted by atomic mass is 10.0. The van der Waals surface area contributed by atoms with E-state index in [0.717, 1.165) is 56.4 Å². The Morgan fingerprint density at radius 3 is 1.70 bits per heavy atom. The normalized spacial score (nSPS) is 13.2. The van der Waals surface area contributed by atoms with Gasteiger partial charge >= 0.3 is 11.9 Å². The molecule has 16 heteroatoms. The molecule has 7 rings (SSSR count). The number of nitrogens with two attached hydrogens (primary N) is 2. The maximum Gasteiger partial charge on any atom is 0.352 e. The molecule has 54 heavy (non-hydrogen) atoms. The molecule has 0 fully saturated rings. The molecule has 14 nitrogen and oxygen atoms in total. The van der Waals surface area contributed by atoms with E-state index >= 15 is 0 Å². The quantitative estimate of drug-likeness (QED) is 0.182. The molecule has 4 aromatic heterocycles. The van der Waals surface area contributed by atoms with Gasteiger partial charge in [-0.1, -0.05) is 44.0 Å². The Morgan fingerprint density at radius 2 is 1.28 bits per heavy atom. The summed E-state index contributed by atoms with van der Waals surface area (Å²) >= 11 is 10.5. The van der Waals surface area contributed by atoms with Crippen molar-refractivity contribution in [2.24, 2.45) is 15.0 Å². The number of esters is 2. The lowest BCUT2D eigenvalue weighted by Gasteiger charge is -2.13. The standard InChI is InChI=1S/C16H12N4O2.C12H11N5.C6H15N.C4H6Cl2O2/c1-22-16(21)13-7-12-11(19-13)6-10-14(20-12)8-18-15(10)9-2-4-17-5-3-9;13-9-5-8-10(17-12(9)14)6-16-11(8)7-1-3-15-4-2-7;1-4-7(5-2)6-3;1-4(5,6)3(7)8-2/h2-6H,7-8H2,1H3;1-5H,6,13H2,(H2,14,17);4-6H2,1-3H3;1-2H3. The number of halogens is 2. The smallest absolute Gasteiger partial charge is 0.352 e. The van der Waals surface area contributed by atoms with Crippen molar-refractivity contribution in [3.05, 3.63) is 101 Å². The molecule has 0 radical (unpaired) electrons. The second kappa shape index (κ2) is 19.1. The van der Waals surface area contributed by atoms with Gasteiger partial charge in [0, 0.05) is 53.5 Å². The Balaban J connectivity index is 0.000000180. The fourth-order valence-electron chi connectivity index (χ4n) is 5.47. The monoisotopic (exact) mass is 774 g/mol. The maximum atomic E-state index is 11.6. The van der Waals surface area contributed by atoms with Crippen LogP contribution in [-0.4, -0.2) is 92.1 Å². The van der Waals surface area contributed by atoms with Gasteiger partial charge in [-0.2, -0.15) is 0 Å². The number of aliphatic imine (C=N–C) groups is 3. The number of aromatic nitrogens is 4. The Morgan fingerprint density at radius 1 is 0.778 bits per heavy atom. The molecular weight excluding hydrogens is 731 g/mol. The van der Waals surface area contributed by atoms with Gasteiger partial charge in [0.25, 0.3) is 0 Å². The van der Waals surface area contributed by atoms with E-state index < -0.39 is 16.3 Å². The fourth-order valence-corrected chi connectivity index (χ4v) is 5.62. The average Bonchev–Trinajstić information content (AvgIpc) is 3.92. The summed E-state index contributed by atoms with van der Waals surface area (Å²) in [5.41, 5.74) is 21.4. The number of methoxy groups -OCH3 is 2. The van der Waals surface area contributed by atoms with Crippen LogP contribution in [0.2, 0.25) is 0 Å². The highest BCUT2D eigenvalue weighted by molar-refractivity contribution is 6.57. The van der Waals surface area contributed by atoms with Crippen LogP contribution in [0, 0.1) is 0 Å². The number of ether oxygens (including phenoxy) is 2. The molecule has 4 N–H and O–H groups in total. The van der Waals surface area contributed by atoms with E-state index in [4.69, 9.17) is 39.4 Å². The summed E-state index contributed by atoms with van der Waals surface area (Å²) in [6, 6.07) is 11.5. The van der Waals surface area contributed by atoms with Crippen LogP contribution in [-0.2, 0) is 38.6 Å². The molecule has 3 aliphatic heterocycles. The molecule has 4 aromatic rings. The van der Waals surface area contributed by atoms with Crippen LogP contribution in [0.5, 0.6) is 0 Å². The topological polar surface area (TPSA) is 197 Å². The van der Waals surface area contributed by atoms with E-state index in [2.05, 4.69) is 65.3 Å². The molecule has 0 aromatic carbocycles. The number of fused-ring (bicyclic) bond motifs is 3. The van der Waals surface area contributed by atoms with Gasteiger partial charge in [0.2, 0.25) is 4.33 Å². The number of hydrogen-bond donors (Lipinski definition) is 2. The average molecular weight is 776 g/mol. The summed E-state index contributed by atoms with van der Waals surface area (Å²) in [7, 11) is 2.58. The van der Waals surface area contributed by atoms with Gasteiger partial charge in [-0.15, -0.1) is 0 Å². The Bertz CT molecular complexity index is 2030. The number of pyridine rings is 4. The number of carbonyl (C=O) groups excluding carboxylic acids is 2. The summed E-state index contributed by atoms with van der Waals surface area (Å²) in [5.74, 6) is -0.669. The predicted octanol–water partition coefficient (Wildman–Crippen LogP) is 5.32. The molecule has 0 atom stereocenters. The first-order chi connectivity index (χ1) is 25.8. The van der Waals surface area contributed by atoms with Crippen molar-refractivity contribution >= 4 is 69.5 Å². The van der Waals surface area contributed by atoms with Gasteiger partial charge in [-0.25, -0.2) is 19.6 Å². The highest BCUT2D eigenvalue weighted by Gasteiger charge is 2.28. The van der Waals surface area contributed by atoms with Crippen LogP contribution in [0.1, 0.15) is 67.0 Å². The number of alkyl halides is 2. The van der Waals surface area contributed by atoms with E-state index in [0.29, 0.717) is 36.7 Å². The van der Waals surface area contributed by atoms with Crippen molar-refractivity contribution in [3.8, 4) is 0 Å². The van der Waals surface area contributed by atoms with Gasteiger partial charge in [0.05, 0.1) is 67.2 Å². The van der Waals surface area contributed by atoms with Crippen molar-refractivity contribution in [1.29, 1.82) is 0 Å². The highest BCUT2D eigenvalue weighted by Crippen LogP contribution is 2.32. The number of nitrogens with zero attached hydrogens (tertiary/aromatic N) is 8. The number of carbonyl (C=O) groups is 2. The maximum absolute atomic E-state index is 11.6. The van der Waals surface area contributed by atoms with Crippen LogP contribution < -0.4 is 11.5 Å². The van der Waals surface area contributed by atoms with Crippen molar-refractivity contribution in [2.45, 2.75) is 51.5 Å². The van der Waals surface area contributed by atoms with Crippen LogP contribution >= 0.6 is 23.2 Å². The van der Waals surface area contributed by atoms with E-state index in [-0.39, 0.29) is 0 Å². The zero-order valence-electron chi connectivity index (χ0n) is 31.1. The molecule has 0 amide bonds. The molecule has 284 valence electrons. The summed E-state index contributed by atoms with van der Waals surface area (Å²) in [4.78, 5) is 54.6. The number of anilines is 2. The Kier molecular flexibility index (Phi) is 14.7. The lowest BCUT2D eigenvalue weighted by molar-refractivity contribution is -0.141. The van der Waals surface area contributed by atoms with Crippen molar-refractivity contribution in [1.82, 2.24) is 24.8 Å². The molecular formula is C38H44Cl2N10O4. The van der Waals surface area contributed by atoms with Gasteiger partial charge in [-0.05, 0) is 63.0 Å². The second-order valence-electron chi connectivity index (χ2n) is 11.9. The zero-order chi connectivity index (χ0) is 39.4. The first-order valence-corrected chi connectivity index (χ1v) is 17.9. The first kappa shape index (κ1) is 41.4. The molecule has 0 unspecified atom stereocenters. The second-order valence-corrected chi connectivity index (χ2v) is 13.6. The Labute approximate surface area is 324 Å². The molecule has 0 aliphatic carbocycles. The van der Waals surface area contributed by atoms with Gasteiger partial charge in [0.1, 0.15) is 11.5 Å². The summed E-state index contributed by atoms with van der Waals surface area (Å²) in [5, 5.41) is 0.